The molecule has 1 aromatic rings. The SMILES string of the molecule is CCCOC(=O)[C@@H](C)NC(=O)/C=C/c1ccc(Cl)cc1Cl. The maximum atomic E-state index is 11.7. The zero-order valence-electron chi connectivity index (χ0n) is 11.9. The van der Waals surface area contributed by atoms with Crippen molar-refractivity contribution < 1.29 is 14.3 Å². The summed E-state index contributed by atoms with van der Waals surface area (Å²) >= 11 is 11.8. The molecular weight excluding hydrogens is 313 g/mol. The van der Waals surface area contributed by atoms with E-state index in [0.29, 0.717) is 22.2 Å². The van der Waals surface area contributed by atoms with Crippen LogP contribution >= 0.6 is 23.2 Å². The average Bonchev–Trinajstić information content (AvgIpc) is 2.43. The average molecular weight is 330 g/mol. The van der Waals surface area contributed by atoms with Gasteiger partial charge < -0.3 is 10.1 Å². The molecule has 0 spiro atoms. The summed E-state index contributed by atoms with van der Waals surface area (Å²) in [7, 11) is 0. The fourth-order valence-electron chi connectivity index (χ4n) is 1.45. The summed E-state index contributed by atoms with van der Waals surface area (Å²) in [5.41, 5.74) is 0.664. The first-order chi connectivity index (χ1) is 9.93. The summed E-state index contributed by atoms with van der Waals surface area (Å²) < 4.78 is 4.94. The number of carbonyl (C=O) groups excluding carboxylic acids is 2. The van der Waals surface area contributed by atoms with Gasteiger partial charge in [-0.1, -0.05) is 36.2 Å². The molecule has 0 saturated heterocycles. The number of carbonyl (C=O) groups is 2. The van der Waals surface area contributed by atoms with Crippen LogP contribution in [-0.4, -0.2) is 24.5 Å². The fraction of sp³-hybridized carbons (Fsp3) is 0.333. The Kier molecular flexibility index (Phi) is 7.26. The van der Waals surface area contributed by atoms with Crippen LogP contribution in [0.4, 0.5) is 0 Å². The molecule has 0 radical (unpaired) electrons. The van der Waals surface area contributed by atoms with Crippen molar-refractivity contribution in [2.45, 2.75) is 26.3 Å². The predicted octanol–water partition coefficient (Wildman–Crippen LogP) is 3.46. The second-order valence-electron chi connectivity index (χ2n) is 4.40. The molecule has 114 valence electrons. The number of benzene rings is 1. The Bertz CT molecular complexity index is 544. The van der Waals surface area contributed by atoms with E-state index >= 15 is 0 Å². The van der Waals surface area contributed by atoms with E-state index < -0.39 is 17.9 Å². The van der Waals surface area contributed by atoms with E-state index in [9.17, 15) is 9.59 Å². The van der Waals surface area contributed by atoms with Crippen LogP contribution in [0, 0.1) is 0 Å². The van der Waals surface area contributed by atoms with Crippen molar-refractivity contribution in [3.63, 3.8) is 0 Å². The van der Waals surface area contributed by atoms with Crippen molar-refractivity contribution in [2.75, 3.05) is 6.61 Å². The Labute approximate surface area is 134 Å². The van der Waals surface area contributed by atoms with Gasteiger partial charge in [-0.2, -0.15) is 0 Å². The molecular formula is C15H17Cl2NO3. The molecule has 4 nitrogen and oxygen atoms in total. The van der Waals surface area contributed by atoms with Crippen LogP contribution in [0.3, 0.4) is 0 Å². The molecule has 0 aromatic heterocycles. The van der Waals surface area contributed by atoms with E-state index in [-0.39, 0.29) is 0 Å². The van der Waals surface area contributed by atoms with Crippen LogP contribution in [0.15, 0.2) is 24.3 Å². The van der Waals surface area contributed by atoms with Gasteiger partial charge >= 0.3 is 5.97 Å². The Morgan fingerprint density at radius 2 is 2.10 bits per heavy atom. The number of nitrogens with one attached hydrogen (secondary N) is 1. The zero-order chi connectivity index (χ0) is 15.8. The van der Waals surface area contributed by atoms with Crippen molar-refractivity contribution in [3.05, 3.63) is 39.9 Å². The van der Waals surface area contributed by atoms with Crippen molar-refractivity contribution in [1.29, 1.82) is 0 Å². The maximum Gasteiger partial charge on any atom is 0.328 e. The highest BCUT2D eigenvalue weighted by molar-refractivity contribution is 6.35. The number of rotatable bonds is 6. The maximum absolute atomic E-state index is 11.7. The highest BCUT2D eigenvalue weighted by Gasteiger charge is 2.15. The van der Waals surface area contributed by atoms with E-state index in [2.05, 4.69) is 5.32 Å². The summed E-state index contributed by atoms with van der Waals surface area (Å²) in [4.78, 5) is 23.2. The Hall–Kier alpha value is -1.52. The van der Waals surface area contributed by atoms with Crippen molar-refractivity contribution in [3.8, 4) is 0 Å². The number of amides is 1. The van der Waals surface area contributed by atoms with Crippen LogP contribution in [0.5, 0.6) is 0 Å². The lowest BCUT2D eigenvalue weighted by atomic mass is 10.2. The molecule has 1 N–H and O–H groups in total. The molecule has 0 fully saturated rings. The summed E-state index contributed by atoms with van der Waals surface area (Å²) in [5.74, 6) is -0.856. The van der Waals surface area contributed by atoms with Gasteiger partial charge in [0.15, 0.2) is 0 Å². The number of ether oxygens (including phenoxy) is 1. The number of hydrogen-bond acceptors (Lipinski definition) is 3. The van der Waals surface area contributed by atoms with E-state index in [0.717, 1.165) is 6.42 Å². The topological polar surface area (TPSA) is 55.4 Å². The first-order valence-corrected chi connectivity index (χ1v) is 7.30. The molecule has 0 unspecified atom stereocenters. The van der Waals surface area contributed by atoms with Crippen molar-refractivity contribution >= 4 is 41.2 Å². The van der Waals surface area contributed by atoms with E-state index in [1.165, 1.54) is 6.08 Å². The Morgan fingerprint density at radius 3 is 2.71 bits per heavy atom. The van der Waals surface area contributed by atoms with Gasteiger partial charge in [0.2, 0.25) is 5.91 Å². The summed E-state index contributed by atoms with van der Waals surface area (Å²) in [6.45, 7) is 3.81. The highest BCUT2D eigenvalue weighted by atomic mass is 35.5. The first-order valence-electron chi connectivity index (χ1n) is 6.54. The van der Waals surface area contributed by atoms with Crippen molar-refractivity contribution in [1.82, 2.24) is 5.32 Å². The van der Waals surface area contributed by atoms with Crippen LogP contribution in [0.2, 0.25) is 10.0 Å². The Balaban J connectivity index is 2.56. The molecule has 1 atom stereocenters. The summed E-state index contributed by atoms with van der Waals surface area (Å²) in [6, 6.07) is 4.27. The minimum atomic E-state index is -0.700. The van der Waals surface area contributed by atoms with E-state index in [4.69, 9.17) is 27.9 Å². The lowest BCUT2D eigenvalue weighted by Crippen LogP contribution is -2.38. The third-order valence-corrected chi connectivity index (χ3v) is 3.10. The highest BCUT2D eigenvalue weighted by Crippen LogP contribution is 2.21. The van der Waals surface area contributed by atoms with Gasteiger partial charge in [0.05, 0.1) is 6.61 Å². The minimum absolute atomic E-state index is 0.343. The Morgan fingerprint density at radius 1 is 1.38 bits per heavy atom. The van der Waals surface area contributed by atoms with E-state index in [1.807, 2.05) is 6.92 Å². The van der Waals surface area contributed by atoms with Crippen LogP contribution in [0.1, 0.15) is 25.8 Å². The molecule has 0 bridgehead atoms. The predicted molar refractivity (Wildman–Crippen MR) is 84.4 cm³/mol. The lowest BCUT2D eigenvalue weighted by molar-refractivity contribution is -0.146. The first kappa shape index (κ1) is 17.5. The molecule has 1 rings (SSSR count). The minimum Gasteiger partial charge on any atom is -0.464 e. The fourth-order valence-corrected chi connectivity index (χ4v) is 1.92. The van der Waals surface area contributed by atoms with Crippen LogP contribution in [0.25, 0.3) is 6.08 Å². The van der Waals surface area contributed by atoms with Crippen molar-refractivity contribution in [2.24, 2.45) is 0 Å². The third-order valence-electron chi connectivity index (χ3n) is 2.54. The molecule has 0 aliphatic rings. The van der Waals surface area contributed by atoms with Gasteiger partial charge in [-0.15, -0.1) is 0 Å². The van der Waals surface area contributed by atoms with Crippen LogP contribution in [-0.2, 0) is 14.3 Å². The quantitative estimate of drug-likeness (QED) is 0.642. The smallest absolute Gasteiger partial charge is 0.328 e. The largest absolute Gasteiger partial charge is 0.464 e. The molecule has 0 aliphatic heterocycles. The lowest BCUT2D eigenvalue weighted by Gasteiger charge is -2.11. The summed E-state index contributed by atoms with van der Waals surface area (Å²) in [6.07, 6.45) is 3.60. The normalized spacial score (nSPS) is 12.2. The van der Waals surface area contributed by atoms with Gasteiger partial charge in [0.1, 0.15) is 6.04 Å². The molecule has 21 heavy (non-hydrogen) atoms. The molecule has 6 heteroatoms. The molecule has 0 heterocycles. The van der Waals surface area contributed by atoms with Crippen LogP contribution < -0.4 is 5.32 Å². The molecule has 0 aliphatic carbocycles. The summed E-state index contributed by atoms with van der Waals surface area (Å²) in [5, 5.41) is 3.49. The molecule has 0 saturated carbocycles. The zero-order valence-corrected chi connectivity index (χ0v) is 13.4. The monoisotopic (exact) mass is 329 g/mol. The van der Waals surface area contributed by atoms with Gasteiger partial charge in [-0.3, -0.25) is 4.79 Å². The second kappa shape index (κ2) is 8.70. The van der Waals surface area contributed by atoms with Gasteiger partial charge in [-0.25, -0.2) is 4.79 Å². The van der Waals surface area contributed by atoms with E-state index in [1.54, 1.807) is 31.2 Å². The molecule has 1 aromatic carbocycles. The number of hydrogen-bond donors (Lipinski definition) is 1. The van der Waals surface area contributed by atoms with Gasteiger partial charge in [0, 0.05) is 16.1 Å². The molecule has 1 amide bonds. The number of esters is 1. The van der Waals surface area contributed by atoms with Gasteiger partial charge in [-0.05, 0) is 37.1 Å². The van der Waals surface area contributed by atoms with Gasteiger partial charge in [0.25, 0.3) is 0 Å². The third kappa shape index (κ3) is 6.19. The number of halogens is 2. The standard InChI is InChI=1S/C15H17Cl2NO3/c1-3-8-21-15(20)10(2)18-14(19)7-5-11-4-6-12(16)9-13(11)17/h4-7,9-10H,3,8H2,1-2H3,(H,18,19)/b7-5+/t10-/m1/s1. The second-order valence-corrected chi connectivity index (χ2v) is 5.24.